The first-order valence-corrected chi connectivity index (χ1v) is 6.63. The Balaban J connectivity index is 2.70. The van der Waals surface area contributed by atoms with Gasteiger partial charge in [-0.2, -0.15) is 0 Å². The Morgan fingerprint density at radius 1 is 1.37 bits per heavy atom. The fraction of sp³-hybridized carbons (Fsp3) is 0.533. The van der Waals surface area contributed by atoms with E-state index in [1.807, 2.05) is 38.1 Å². The van der Waals surface area contributed by atoms with Crippen molar-refractivity contribution in [2.24, 2.45) is 0 Å². The van der Waals surface area contributed by atoms with Crippen LogP contribution in [0.5, 0.6) is 5.75 Å². The molecule has 0 fully saturated rings. The molecule has 0 spiro atoms. The molecule has 4 heteroatoms. The highest BCUT2D eigenvalue weighted by Gasteiger charge is 2.34. The largest absolute Gasteiger partial charge is 0.491 e. The summed E-state index contributed by atoms with van der Waals surface area (Å²) in [6, 6.07) is 7.75. The van der Waals surface area contributed by atoms with Gasteiger partial charge in [-0.25, -0.2) is 4.79 Å². The van der Waals surface area contributed by atoms with Gasteiger partial charge in [-0.3, -0.25) is 5.32 Å². The number of nitrogens with one attached hydrogen (secondary N) is 1. The Morgan fingerprint density at radius 2 is 2.11 bits per heavy atom. The van der Waals surface area contributed by atoms with E-state index in [1.54, 1.807) is 13.8 Å². The molecule has 19 heavy (non-hydrogen) atoms. The smallest absolute Gasteiger partial charge is 0.329 e. The first kappa shape index (κ1) is 15.5. The molecule has 0 aliphatic heterocycles. The number of hydrogen-bond donors (Lipinski definition) is 1. The van der Waals surface area contributed by atoms with E-state index in [0.29, 0.717) is 13.2 Å². The molecule has 0 heterocycles. The highest BCUT2D eigenvalue weighted by Crippen LogP contribution is 2.15. The highest BCUT2D eigenvalue weighted by molar-refractivity contribution is 5.80. The van der Waals surface area contributed by atoms with Crippen molar-refractivity contribution in [1.82, 2.24) is 5.32 Å². The lowest BCUT2D eigenvalue weighted by Crippen LogP contribution is -2.54. The van der Waals surface area contributed by atoms with Crippen molar-refractivity contribution in [2.75, 3.05) is 19.8 Å². The summed E-state index contributed by atoms with van der Waals surface area (Å²) < 4.78 is 10.8. The van der Waals surface area contributed by atoms with Crippen LogP contribution in [-0.2, 0) is 9.53 Å². The maximum atomic E-state index is 12.0. The van der Waals surface area contributed by atoms with E-state index >= 15 is 0 Å². The minimum atomic E-state index is -0.825. The number of likely N-dealkylation sites (N-methyl/N-ethyl adjacent to an activating group) is 1. The second-order valence-corrected chi connectivity index (χ2v) is 4.69. The molecule has 1 N–H and O–H groups in total. The van der Waals surface area contributed by atoms with Gasteiger partial charge in [0.25, 0.3) is 0 Å². The molecule has 0 saturated carbocycles. The maximum absolute atomic E-state index is 12.0. The van der Waals surface area contributed by atoms with Crippen molar-refractivity contribution in [3.8, 4) is 5.75 Å². The fourth-order valence-corrected chi connectivity index (χ4v) is 1.80. The van der Waals surface area contributed by atoms with E-state index in [4.69, 9.17) is 9.47 Å². The molecule has 1 atom stereocenters. The van der Waals surface area contributed by atoms with Gasteiger partial charge in [0.2, 0.25) is 0 Å². The van der Waals surface area contributed by atoms with Gasteiger partial charge in [0.05, 0.1) is 6.61 Å². The van der Waals surface area contributed by atoms with Gasteiger partial charge in [0, 0.05) is 0 Å². The minimum Gasteiger partial charge on any atom is -0.491 e. The summed E-state index contributed by atoms with van der Waals surface area (Å²) in [4.78, 5) is 12.0. The number of benzene rings is 1. The summed E-state index contributed by atoms with van der Waals surface area (Å²) in [7, 11) is 0. The summed E-state index contributed by atoms with van der Waals surface area (Å²) in [6.07, 6.45) is 0. The summed E-state index contributed by atoms with van der Waals surface area (Å²) in [5, 5.41) is 3.13. The van der Waals surface area contributed by atoms with Gasteiger partial charge in [-0.1, -0.05) is 19.1 Å². The first-order chi connectivity index (χ1) is 9.01. The number of ether oxygens (including phenoxy) is 2. The van der Waals surface area contributed by atoms with Gasteiger partial charge in [-0.05, 0) is 45.0 Å². The predicted octanol–water partition coefficient (Wildman–Crippen LogP) is 2.31. The van der Waals surface area contributed by atoms with E-state index in [1.165, 1.54) is 0 Å². The quantitative estimate of drug-likeness (QED) is 0.769. The van der Waals surface area contributed by atoms with Crippen LogP contribution < -0.4 is 10.1 Å². The van der Waals surface area contributed by atoms with Crippen molar-refractivity contribution in [3.05, 3.63) is 29.8 Å². The molecule has 0 radical (unpaired) electrons. The molecular formula is C15H23NO3. The Bertz CT molecular complexity index is 420. The van der Waals surface area contributed by atoms with Crippen molar-refractivity contribution < 1.29 is 14.3 Å². The Morgan fingerprint density at radius 3 is 2.68 bits per heavy atom. The number of carbonyl (C=O) groups is 1. The van der Waals surface area contributed by atoms with Gasteiger partial charge < -0.3 is 9.47 Å². The van der Waals surface area contributed by atoms with E-state index in [2.05, 4.69) is 5.32 Å². The zero-order valence-electron chi connectivity index (χ0n) is 12.2. The Labute approximate surface area is 115 Å². The average Bonchev–Trinajstić information content (AvgIpc) is 2.37. The highest BCUT2D eigenvalue weighted by atomic mass is 16.5. The van der Waals surface area contributed by atoms with Crippen LogP contribution in [0.1, 0.15) is 26.3 Å². The predicted molar refractivity (Wildman–Crippen MR) is 75.4 cm³/mol. The molecule has 0 amide bonds. The summed E-state index contributed by atoms with van der Waals surface area (Å²) >= 11 is 0. The third kappa shape index (κ3) is 4.56. The SMILES string of the molecule is CCNC(C)(COc1cccc(C)c1)C(=O)OCC. The van der Waals surface area contributed by atoms with E-state index in [0.717, 1.165) is 11.3 Å². The van der Waals surface area contributed by atoms with Gasteiger partial charge in [0.15, 0.2) is 0 Å². The van der Waals surface area contributed by atoms with Crippen LogP contribution in [0.2, 0.25) is 0 Å². The van der Waals surface area contributed by atoms with Crippen molar-refractivity contribution >= 4 is 5.97 Å². The Kier molecular flexibility index (Phi) is 5.83. The minimum absolute atomic E-state index is 0.239. The fourth-order valence-electron chi connectivity index (χ4n) is 1.80. The van der Waals surface area contributed by atoms with Crippen LogP contribution in [-0.4, -0.2) is 31.3 Å². The molecule has 1 rings (SSSR count). The van der Waals surface area contributed by atoms with Crippen LogP contribution in [0.4, 0.5) is 0 Å². The third-order valence-corrected chi connectivity index (χ3v) is 2.81. The van der Waals surface area contributed by atoms with Gasteiger partial charge in [0.1, 0.15) is 17.9 Å². The Hall–Kier alpha value is -1.55. The van der Waals surface area contributed by atoms with E-state index in [-0.39, 0.29) is 12.6 Å². The number of rotatable bonds is 7. The normalized spacial score (nSPS) is 13.7. The van der Waals surface area contributed by atoms with Gasteiger partial charge >= 0.3 is 5.97 Å². The molecule has 1 unspecified atom stereocenters. The van der Waals surface area contributed by atoms with Crippen molar-refractivity contribution in [3.63, 3.8) is 0 Å². The molecule has 0 saturated heterocycles. The van der Waals surface area contributed by atoms with Gasteiger partial charge in [-0.15, -0.1) is 0 Å². The number of aryl methyl sites for hydroxylation is 1. The molecule has 0 aliphatic carbocycles. The molecular weight excluding hydrogens is 242 g/mol. The lowest BCUT2D eigenvalue weighted by atomic mass is 10.0. The number of carbonyl (C=O) groups excluding carboxylic acids is 1. The molecule has 1 aromatic carbocycles. The average molecular weight is 265 g/mol. The summed E-state index contributed by atoms with van der Waals surface area (Å²) in [6.45, 7) is 8.82. The van der Waals surface area contributed by atoms with Crippen molar-refractivity contribution in [1.29, 1.82) is 0 Å². The topological polar surface area (TPSA) is 47.6 Å². The van der Waals surface area contributed by atoms with E-state index in [9.17, 15) is 4.79 Å². The molecule has 1 aromatic rings. The zero-order chi connectivity index (χ0) is 14.3. The number of hydrogen-bond acceptors (Lipinski definition) is 4. The lowest BCUT2D eigenvalue weighted by molar-refractivity contribution is -0.151. The maximum Gasteiger partial charge on any atom is 0.329 e. The van der Waals surface area contributed by atoms with Crippen molar-refractivity contribution in [2.45, 2.75) is 33.2 Å². The van der Waals surface area contributed by atoms with E-state index < -0.39 is 5.54 Å². The van der Waals surface area contributed by atoms with Crippen LogP contribution in [0.15, 0.2) is 24.3 Å². The van der Waals surface area contributed by atoms with Crippen LogP contribution in [0, 0.1) is 6.92 Å². The molecule has 106 valence electrons. The lowest BCUT2D eigenvalue weighted by Gasteiger charge is -2.28. The van der Waals surface area contributed by atoms with Crippen LogP contribution in [0.3, 0.4) is 0 Å². The zero-order valence-corrected chi connectivity index (χ0v) is 12.2. The summed E-state index contributed by atoms with van der Waals surface area (Å²) in [5.41, 5.74) is 0.299. The standard InChI is InChI=1S/C15H23NO3/c1-5-16-15(4,14(17)18-6-2)11-19-13-9-7-8-12(3)10-13/h7-10,16H,5-6,11H2,1-4H3. The molecule has 0 aliphatic rings. The van der Waals surface area contributed by atoms with Crippen LogP contribution >= 0.6 is 0 Å². The molecule has 0 bridgehead atoms. The van der Waals surface area contributed by atoms with Crippen LogP contribution in [0.25, 0.3) is 0 Å². The number of esters is 1. The second-order valence-electron chi connectivity index (χ2n) is 4.69. The molecule has 0 aromatic heterocycles. The summed E-state index contributed by atoms with van der Waals surface area (Å²) in [5.74, 6) is 0.470. The monoisotopic (exact) mass is 265 g/mol. The first-order valence-electron chi connectivity index (χ1n) is 6.63. The molecule has 4 nitrogen and oxygen atoms in total. The second kappa shape index (κ2) is 7.14. The third-order valence-electron chi connectivity index (χ3n) is 2.81.